The minimum absolute atomic E-state index is 0.0396. The molecule has 0 atom stereocenters. The lowest BCUT2D eigenvalue weighted by atomic mass is 10.1. The quantitative estimate of drug-likeness (QED) is 0.192. The molecule has 0 saturated carbocycles. The first-order chi connectivity index (χ1) is 18.0. The van der Waals surface area contributed by atoms with Gasteiger partial charge < -0.3 is 31.2 Å². The highest BCUT2D eigenvalue weighted by atomic mass is 16.2. The number of carbonyl (C=O) groups excluding carboxylic acids is 3. The SMILES string of the molecule is NCCCC(=O)N(CCNC(=O)Cc1c[nH]c2ccccc12)CCNC(=O)Cc1c[nH]c2ccccc12. The van der Waals surface area contributed by atoms with Crippen LogP contribution in [0.3, 0.4) is 0 Å². The van der Waals surface area contributed by atoms with Gasteiger partial charge in [-0.3, -0.25) is 14.4 Å². The molecule has 3 amide bonds. The predicted molar refractivity (Wildman–Crippen MR) is 145 cm³/mol. The fourth-order valence-electron chi connectivity index (χ4n) is 4.46. The molecule has 0 saturated heterocycles. The van der Waals surface area contributed by atoms with E-state index in [2.05, 4.69) is 20.6 Å². The van der Waals surface area contributed by atoms with Gasteiger partial charge >= 0.3 is 0 Å². The van der Waals surface area contributed by atoms with Gasteiger partial charge in [0.25, 0.3) is 0 Å². The number of nitrogens with two attached hydrogens (primary N) is 1. The molecular formula is C28H34N6O3. The van der Waals surface area contributed by atoms with Crippen LogP contribution in [0.4, 0.5) is 0 Å². The number of hydrogen-bond acceptors (Lipinski definition) is 4. The van der Waals surface area contributed by atoms with Crippen LogP contribution in [0.1, 0.15) is 24.0 Å². The van der Waals surface area contributed by atoms with Gasteiger partial charge in [-0.1, -0.05) is 36.4 Å². The number of nitrogens with one attached hydrogen (secondary N) is 4. The summed E-state index contributed by atoms with van der Waals surface area (Å²) in [6, 6.07) is 15.7. The van der Waals surface area contributed by atoms with Crippen LogP contribution in [0.15, 0.2) is 60.9 Å². The molecule has 37 heavy (non-hydrogen) atoms. The van der Waals surface area contributed by atoms with Crippen LogP contribution in [0.25, 0.3) is 21.8 Å². The zero-order valence-corrected chi connectivity index (χ0v) is 20.9. The summed E-state index contributed by atoms with van der Waals surface area (Å²) >= 11 is 0. The number of aromatic nitrogens is 2. The van der Waals surface area contributed by atoms with E-state index in [0.29, 0.717) is 45.6 Å². The number of H-pyrrole nitrogens is 2. The molecule has 0 aliphatic carbocycles. The Morgan fingerprint density at radius 2 is 1.24 bits per heavy atom. The Hall–Kier alpha value is -4.11. The number of carbonyl (C=O) groups is 3. The molecule has 0 radical (unpaired) electrons. The molecule has 0 unspecified atom stereocenters. The monoisotopic (exact) mass is 502 g/mol. The number of hydrogen-bond donors (Lipinski definition) is 5. The summed E-state index contributed by atoms with van der Waals surface area (Å²) in [7, 11) is 0. The average molecular weight is 503 g/mol. The number of aromatic amines is 2. The van der Waals surface area contributed by atoms with Crippen molar-refractivity contribution in [1.82, 2.24) is 25.5 Å². The van der Waals surface area contributed by atoms with Crippen molar-refractivity contribution in [2.75, 3.05) is 32.7 Å². The molecule has 4 rings (SSSR count). The van der Waals surface area contributed by atoms with Gasteiger partial charge in [0.05, 0.1) is 12.8 Å². The highest BCUT2D eigenvalue weighted by molar-refractivity contribution is 5.89. The maximum atomic E-state index is 12.7. The third-order valence-electron chi connectivity index (χ3n) is 6.41. The van der Waals surface area contributed by atoms with E-state index in [4.69, 9.17) is 5.73 Å². The normalized spacial score (nSPS) is 11.1. The number of benzene rings is 2. The van der Waals surface area contributed by atoms with E-state index in [0.717, 1.165) is 32.9 Å². The maximum Gasteiger partial charge on any atom is 0.224 e. The van der Waals surface area contributed by atoms with Crippen molar-refractivity contribution in [3.8, 4) is 0 Å². The lowest BCUT2D eigenvalue weighted by Gasteiger charge is -2.23. The zero-order chi connectivity index (χ0) is 26.0. The van der Waals surface area contributed by atoms with E-state index >= 15 is 0 Å². The molecule has 2 aromatic carbocycles. The Bertz CT molecular complexity index is 1260. The topological polar surface area (TPSA) is 136 Å². The van der Waals surface area contributed by atoms with Crippen LogP contribution in [-0.4, -0.2) is 65.3 Å². The van der Waals surface area contributed by atoms with Crippen molar-refractivity contribution in [3.63, 3.8) is 0 Å². The van der Waals surface area contributed by atoms with Gasteiger partial charge in [-0.25, -0.2) is 0 Å². The third-order valence-corrected chi connectivity index (χ3v) is 6.41. The van der Waals surface area contributed by atoms with E-state index in [1.54, 1.807) is 4.90 Å². The molecule has 4 aromatic rings. The lowest BCUT2D eigenvalue weighted by molar-refractivity contribution is -0.132. The Labute approximate surface area is 215 Å². The van der Waals surface area contributed by atoms with Crippen LogP contribution >= 0.6 is 0 Å². The fourth-order valence-corrected chi connectivity index (χ4v) is 4.46. The molecule has 2 heterocycles. The average Bonchev–Trinajstić information content (AvgIpc) is 3.50. The number of amides is 3. The molecule has 0 bridgehead atoms. The third kappa shape index (κ3) is 6.98. The summed E-state index contributed by atoms with van der Waals surface area (Å²) in [6.07, 6.45) is 5.15. The maximum absolute atomic E-state index is 12.7. The molecule has 0 aliphatic heterocycles. The summed E-state index contributed by atoms with van der Waals surface area (Å²) in [6.45, 7) is 1.82. The highest BCUT2D eigenvalue weighted by Gasteiger charge is 2.15. The van der Waals surface area contributed by atoms with E-state index in [-0.39, 0.29) is 30.6 Å². The van der Waals surface area contributed by atoms with E-state index < -0.39 is 0 Å². The van der Waals surface area contributed by atoms with Gasteiger partial charge in [-0.15, -0.1) is 0 Å². The van der Waals surface area contributed by atoms with Crippen molar-refractivity contribution in [3.05, 3.63) is 72.1 Å². The van der Waals surface area contributed by atoms with E-state index in [1.807, 2.05) is 60.9 Å². The molecular weight excluding hydrogens is 468 g/mol. The number of para-hydroxylation sites is 2. The first kappa shape index (κ1) is 26.0. The largest absolute Gasteiger partial charge is 0.361 e. The van der Waals surface area contributed by atoms with Crippen LogP contribution in [0.5, 0.6) is 0 Å². The van der Waals surface area contributed by atoms with Crippen LogP contribution in [-0.2, 0) is 27.2 Å². The van der Waals surface area contributed by atoms with E-state index in [1.165, 1.54) is 0 Å². The van der Waals surface area contributed by atoms with Crippen LogP contribution < -0.4 is 16.4 Å². The first-order valence-electron chi connectivity index (χ1n) is 12.7. The van der Waals surface area contributed by atoms with Gasteiger partial charge in [0.15, 0.2) is 0 Å². The molecule has 0 spiro atoms. The fraction of sp³-hybridized carbons (Fsp3) is 0.321. The molecule has 0 fully saturated rings. The van der Waals surface area contributed by atoms with Crippen LogP contribution in [0.2, 0.25) is 0 Å². The summed E-state index contributed by atoms with van der Waals surface area (Å²) in [5, 5.41) is 7.88. The minimum Gasteiger partial charge on any atom is -0.361 e. The number of rotatable bonds is 13. The molecule has 9 heteroatoms. The summed E-state index contributed by atoms with van der Waals surface area (Å²) in [5.41, 5.74) is 9.43. The standard InChI is InChI=1S/C28H34N6O3/c29-11-5-10-28(37)34(14-12-30-26(35)16-20-18-32-24-8-3-1-6-22(20)24)15-13-31-27(36)17-21-19-33-25-9-4-2-7-23(21)25/h1-4,6-9,18-19,32-33H,5,10-17,29H2,(H,30,35)(H,31,36). The van der Waals surface area contributed by atoms with E-state index in [9.17, 15) is 14.4 Å². The lowest BCUT2D eigenvalue weighted by Crippen LogP contribution is -2.43. The summed E-state index contributed by atoms with van der Waals surface area (Å²) in [4.78, 5) is 45.8. The van der Waals surface area contributed by atoms with Crippen molar-refractivity contribution in [2.24, 2.45) is 5.73 Å². The molecule has 194 valence electrons. The Kier molecular flexibility index (Phi) is 8.93. The second kappa shape index (κ2) is 12.7. The van der Waals surface area contributed by atoms with Gasteiger partial charge in [0, 0.05) is 66.8 Å². The molecule has 6 N–H and O–H groups in total. The minimum atomic E-state index is -0.105. The van der Waals surface area contributed by atoms with Gasteiger partial charge in [-0.05, 0) is 36.2 Å². The van der Waals surface area contributed by atoms with Crippen LogP contribution in [0, 0.1) is 0 Å². The Morgan fingerprint density at radius 1 is 0.757 bits per heavy atom. The smallest absolute Gasteiger partial charge is 0.224 e. The molecule has 2 aromatic heterocycles. The summed E-state index contributed by atoms with van der Waals surface area (Å²) < 4.78 is 0. The molecule has 9 nitrogen and oxygen atoms in total. The van der Waals surface area contributed by atoms with Crippen molar-refractivity contribution in [2.45, 2.75) is 25.7 Å². The van der Waals surface area contributed by atoms with Crippen molar-refractivity contribution >= 4 is 39.5 Å². The van der Waals surface area contributed by atoms with Gasteiger partial charge in [0.2, 0.25) is 17.7 Å². The predicted octanol–water partition coefficient (Wildman–Crippen LogP) is 2.23. The highest BCUT2D eigenvalue weighted by Crippen LogP contribution is 2.19. The Morgan fingerprint density at radius 3 is 1.73 bits per heavy atom. The summed E-state index contributed by atoms with van der Waals surface area (Å²) in [5.74, 6) is -0.250. The van der Waals surface area contributed by atoms with Crippen molar-refractivity contribution in [1.29, 1.82) is 0 Å². The number of fused-ring (bicyclic) bond motifs is 2. The van der Waals surface area contributed by atoms with Gasteiger partial charge in [0.1, 0.15) is 0 Å². The van der Waals surface area contributed by atoms with Crippen molar-refractivity contribution < 1.29 is 14.4 Å². The molecule has 0 aliphatic rings. The van der Waals surface area contributed by atoms with Gasteiger partial charge in [-0.2, -0.15) is 0 Å². The Balaban J connectivity index is 1.24. The second-order valence-electron chi connectivity index (χ2n) is 9.05. The first-order valence-corrected chi connectivity index (χ1v) is 12.7. The zero-order valence-electron chi connectivity index (χ0n) is 20.9. The number of nitrogens with zero attached hydrogens (tertiary/aromatic N) is 1. The second-order valence-corrected chi connectivity index (χ2v) is 9.05.